The summed E-state index contributed by atoms with van der Waals surface area (Å²) in [5.41, 5.74) is 0. The van der Waals surface area contributed by atoms with E-state index in [2.05, 4.69) is 89.9 Å². The summed E-state index contributed by atoms with van der Waals surface area (Å²) < 4.78 is 11.9. The summed E-state index contributed by atoms with van der Waals surface area (Å²) in [5, 5.41) is 46.4. The molecule has 1 fully saturated rings. The molecule has 0 bridgehead atoms. The summed E-state index contributed by atoms with van der Waals surface area (Å²) in [6.07, 6.45) is 1.68. The van der Waals surface area contributed by atoms with Gasteiger partial charge in [-0.05, 0) is 19.4 Å². The SMILES string of the molecule is C[N+](C)(C)CCO.C[N+](C)(C)CCO.C[N+](C)(C)CCO.C[N+](C)(C)CCO.O=C([O-])[C@@H]1CCCN1.O=P([O-])([O-])[O-]. The number of nitrogens with zero attached hydrogens (tertiary/aromatic N) is 4. The minimum Gasteiger partial charge on any atom is -0.822 e. The molecular formula is C25H64N5O10P. The standard InChI is InChI=1S/C5H9NO2.4C5H14NO.H3O4P/c7-5(8)4-2-1-3-6-4;4*1-6(2,3)4-5-7;1-5(2,3)4/h4,6H,1-3H2,(H,7,8);4*7H,4-5H2,1-3H3;(H3,1,2,3,4)/q;4*+1;/p-4/t4-;;;;;/m0...../s1. The van der Waals surface area contributed by atoms with E-state index in [0.29, 0.717) is 0 Å². The number of aliphatic carboxylic acids is 1. The van der Waals surface area contributed by atoms with Crippen molar-refractivity contribution in [2.75, 3.05) is 144 Å². The average molecular weight is 626 g/mol. The molecule has 0 aromatic heterocycles. The molecular weight excluding hydrogens is 561 g/mol. The Kier molecular flexibility index (Phi) is 31.3. The molecule has 16 heteroatoms. The van der Waals surface area contributed by atoms with Crippen LogP contribution in [0.1, 0.15) is 12.8 Å². The minimum absolute atomic E-state index is 0.281. The van der Waals surface area contributed by atoms with Crippen molar-refractivity contribution in [1.29, 1.82) is 0 Å². The molecule has 1 saturated heterocycles. The van der Waals surface area contributed by atoms with Crippen LogP contribution in [-0.2, 0) is 9.36 Å². The molecule has 1 heterocycles. The number of phosphoric acid groups is 1. The lowest BCUT2D eigenvalue weighted by Gasteiger charge is -2.36. The Morgan fingerprint density at radius 1 is 0.659 bits per heavy atom. The first-order valence-corrected chi connectivity index (χ1v) is 14.8. The molecule has 1 aliphatic heterocycles. The first-order chi connectivity index (χ1) is 18.0. The third-order valence-corrected chi connectivity index (χ3v) is 4.43. The van der Waals surface area contributed by atoms with E-state index in [-0.39, 0.29) is 32.5 Å². The van der Waals surface area contributed by atoms with Gasteiger partial charge in [-0.3, -0.25) is 0 Å². The molecule has 0 spiro atoms. The molecule has 0 aromatic carbocycles. The summed E-state index contributed by atoms with van der Waals surface area (Å²) in [7, 11) is 19.2. The van der Waals surface area contributed by atoms with Crippen LogP contribution in [0.25, 0.3) is 0 Å². The molecule has 41 heavy (non-hydrogen) atoms. The average Bonchev–Trinajstić information content (AvgIpc) is 3.20. The summed E-state index contributed by atoms with van der Waals surface area (Å²) in [6, 6.07) is -0.380. The van der Waals surface area contributed by atoms with Gasteiger partial charge in [0.05, 0.1) is 117 Å². The van der Waals surface area contributed by atoms with Crippen molar-refractivity contribution in [3.05, 3.63) is 0 Å². The number of carbonyl (C=O) groups excluding carboxylic acids is 1. The summed E-state index contributed by atoms with van der Waals surface area (Å²) in [5.74, 6) is -0.970. The molecule has 1 atom stereocenters. The first-order valence-electron chi connectivity index (χ1n) is 13.4. The molecule has 254 valence electrons. The van der Waals surface area contributed by atoms with Gasteiger partial charge >= 0.3 is 0 Å². The number of rotatable bonds is 9. The van der Waals surface area contributed by atoms with Crippen molar-refractivity contribution in [2.24, 2.45) is 0 Å². The number of aliphatic hydroxyl groups excluding tert-OH is 4. The van der Waals surface area contributed by atoms with E-state index in [1.807, 2.05) is 0 Å². The van der Waals surface area contributed by atoms with E-state index >= 15 is 0 Å². The van der Waals surface area contributed by atoms with Crippen molar-refractivity contribution in [3.8, 4) is 0 Å². The van der Waals surface area contributed by atoms with Gasteiger partial charge in [0.1, 0.15) is 26.2 Å². The van der Waals surface area contributed by atoms with Gasteiger partial charge in [0, 0.05) is 6.04 Å². The quantitative estimate of drug-likeness (QED) is 0.120. The van der Waals surface area contributed by atoms with Crippen LogP contribution in [-0.4, -0.2) is 194 Å². The highest BCUT2D eigenvalue weighted by molar-refractivity contribution is 7.40. The lowest BCUT2D eigenvalue weighted by molar-refractivity contribution is -0.870. The van der Waals surface area contributed by atoms with E-state index in [1.54, 1.807) is 0 Å². The maximum atomic E-state index is 10.0. The fraction of sp³-hybridized carbons (Fsp3) is 0.960. The number of carboxylic acid groups (broad SMARTS) is 1. The number of carbonyl (C=O) groups is 1. The highest BCUT2D eigenvalue weighted by Gasteiger charge is 2.13. The Hall–Kier alpha value is -0.780. The lowest BCUT2D eigenvalue weighted by Crippen LogP contribution is -2.41. The molecule has 0 aliphatic carbocycles. The van der Waals surface area contributed by atoms with Gasteiger partial charge in [0.15, 0.2) is 0 Å². The molecule has 1 aliphatic rings. The zero-order chi connectivity index (χ0) is 34.1. The fourth-order valence-corrected chi connectivity index (χ4v) is 2.09. The van der Waals surface area contributed by atoms with Crippen molar-refractivity contribution in [1.82, 2.24) is 5.32 Å². The van der Waals surface area contributed by atoms with E-state index in [4.69, 9.17) is 39.7 Å². The molecule has 15 nitrogen and oxygen atoms in total. The molecule has 5 N–H and O–H groups in total. The number of nitrogens with one attached hydrogen (secondary N) is 1. The van der Waals surface area contributed by atoms with Gasteiger partial charge in [-0.15, -0.1) is 0 Å². The third kappa shape index (κ3) is 79.0. The highest BCUT2D eigenvalue weighted by atomic mass is 31.2. The Morgan fingerprint density at radius 3 is 0.927 bits per heavy atom. The second-order valence-electron chi connectivity index (χ2n) is 13.4. The molecule has 0 aromatic rings. The van der Waals surface area contributed by atoms with Crippen LogP contribution in [0, 0.1) is 0 Å². The minimum atomic E-state index is -5.39. The number of hydrogen-bond acceptors (Lipinski definition) is 11. The number of likely N-dealkylation sites (N-methyl/N-ethyl adjacent to an activating group) is 4. The maximum absolute atomic E-state index is 10.0. The topological polar surface area (TPSA) is 219 Å². The number of quaternary nitrogens is 4. The monoisotopic (exact) mass is 625 g/mol. The van der Waals surface area contributed by atoms with Crippen LogP contribution in [0.4, 0.5) is 0 Å². The molecule has 0 saturated carbocycles. The van der Waals surface area contributed by atoms with E-state index in [1.165, 1.54) is 0 Å². The number of carboxylic acids is 1. The normalized spacial score (nSPS) is 15.1. The molecule has 0 radical (unpaired) electrons. The molecule has 1 rings (SSSR count). The van der Waals surface area contributed by atoms with E-state index < -0.39 is 13.8 Å². The zero-order valence-corrected chi connectivity index (χ0v) is 28.7. The van der Waals surface area contributed by atoms with E-state index in [9.17, 15) is 9.90 Å². The molecule has 0 unspecified atom stereocenters. The Balaban J connectivity index is -0.000000127. The van der Waals surface area contributed by atoms with Gasteiger partial charge in [0.25, 0.3) is 0 Å². The van der Waals surface area contributed by atoms with Crippen LogP contribution >= 0.6 is 7.82 Å². The summed E-state index contributed by atoms with van der Waals surface area (Å²) in [4.78, 5) is 35.7. The Bertz CT molecular complexity index is 562. The van der Waals surface area contributed by atoms with Gasteiger partial charge in [-0.2, -0.15) is 7.82 Å². The largest absolute Gasteiger partial charge is 0.822 e. The third-order valence-electron chi connectivity index (χ3n) is 4.43. The first kappa shape index (κ1) is 49.9. The number of hydrogen-bond donors (Lipinski definition) is 5. The fourth-order valence-electron chi connectivity index (χ4n) is 2.09. The van der Waals surface area contributed by atoms with Gasteiger partial charge in [-0.25, -0.2) is 0 Å². The predicted molar refractivity (Wildman–Crippen MR) is 154 cm³/mol. The summed E-state index contributed by atoms with van der Waals surface area (Å²) in [6.45, 7) is 5.28. The van der Waals surface area contributed by atoms with Crippen LogP contribution in [0.5, 0.6) is 0 Å². The van der Waals surface area contributed by atoms with Gasteiger partial charge in [0.2, 0.25) is 0 Å². The van der Waals surface area contributed by atoms with Crippen LogP contribution in [0.3, 0.4) is 0 Å². The van der Waals surface area contributed by atoms with Crippen LogP contribution in [0.15, 0.2) is 0 Å². The predicted octanol–water partition coefficient (Wildman–Crippen LogP) is -5.60. The van der Waals surface area contributed by atoms with Crippen molar-refractivity contribution < 1.29 is 67.5 Å². The zero-order valence-electron chi connectivity index (χ0n) is 27.8. The second-order valence-corrected chi connectivity index (χ2v) is 14.3. The van der Waals surface area contributed by atoms with Crippen LogP contribution < -0.4 is 25.1 Å². The second kappa shape index (κ2) is 25.7. The smallest absolute Gasteiger partial charge is 0.101 e. The Morgan fingerprint density at radius 2 is 0.878 bits per heavy atom. The highest BCUT2D eigenvalue weighted by Crippen LogP contribution is 2.03. The maximum Gasteiger partial charge on any atom is 0.101 e. The van der Waals surface area contributed by atoms with Gasteiger partial charge < -0.3 is 72.8 Å². The lowest BCUT2D eigenvalue weighted by atomic mass is 10.2. The summed E-state index contributed by atoms with van der Waals surface area (Å²) >= 11 is 0. The van der Waals surface area contributed by atoms with Crippen molar-refractivity contribution >= 4 is 13.8 Å². The van der Waals surface area contributed by atoms with Gasteiger partial charge in [-0.1, -0.05) is 0 Å². The Labute approximate surface area is 249 Å². The van der Waals surface area contributed by atoms with Crippen LogP contribution in [0.2, 0.25) is 0 Å². The number of aliphatic hydroxyl groups is 4. The molecule has 0 amide bonds. The van der Waals surface area contributed by atoms with Crippen molar-refractivity contribution in [3.63, 3.8) is 0 Å². The van der Waals surface area contributed by atoms with E-state index in [0.717, 1.165) is 63.5 Å². The van der Waals surface area contributed by atoms with Crippen molar-refractivity contribution in [2.45, 2.75) is 18.9 Å².